The van der Waals surface area contributed by atoms with E-state index in [9.17, 15) is 9.18 Å². The van der Waals surface area contributed by atoms with Gasteiger partial charge in [-0.15, -0.1) is 0 Å². The third-order valence-electron chi connectivity index (χ3n) is 2.23. The van der Waals surface area contributed by atoms with Crippen molar-refractivity contribution in [2.24, 2.45) is 0 Å². The Labute approximate surface area is 99.6 Å². The van der Waals surface area contributed by atoms with E-state index in [1.807, 2.05) is 13.2 Å². The molecule has 0 spiro atoms. The average molecular weight is 241 g/mol. The van der Waals surface area contributed by atoms with Crippen LogP contribution in [0.4, 0.5) is 4.39 Å². The monoisotopic (exact) mass is 241 g/mol. The van der Waals surface area contributed by atoms with E-state index in [0.29, 0.717) is 5.56 Å². The highest BCUT2D eigenvalue weighted by Crippen LogP contribution is 2.12. The first kappa shape index (κ1) is 13.0. The van der Waals surface area contributed by atoms with Gasteiger partial charge in [0.1, 0.15) is 5.82 Å². The topological polar surface area (TPSA) is 29.1 Å². The molecule has 0 saturated carbocycles. The fourth-order valence-corrected chi connectivity index (χ4v) is 2.00. The lowest BCUT2D eigenvalue weighted by Gasteiger charge is -2.13. The van der Waals surface area contributed by atoms with Gasteiger partial charge in [-0.2, -0.15) is 11.8 Å². The standard InChI is InChI=1S/C12H16FNOS/c1-8-5-4-6-10(11(8)13)12(15)14-9(2)7-16-3/h4-6,9H,7H2,1-3H3,(H,14,15). The van der Waals surface area contributed by atoms with E-state index in [4.69, 9.17) is 0 Å². The Kier molecular flexibility index (Phi) is 4.80. The second-order valence-electron chi connectivity index (χ2n) is 3.77. The Morgan fingerprint density at radius 1 is 1.56 bits per heavy atom. The molecule has 1 atom stereocenters. The number of nitrogens with one attached hydrogen (secondary N) is 1. The van der Waals surface area contributed by atoms with Crippen molar-refractivity contribution < 1.29 is 9.18 Å². The molecule has 0 radical (unpaired) electrons. The Balaban J connectivity index is 2.77. The van der Waals surface area contributed by atoms with Gasteiger partial charge in [0.15, 0.2) is 0 Å². The fourth-order valence-electron chi connectivity index (χ4n) is 1.42. The first-order valence-electron chi connectivity index (χ1n) is 5.11. The Morgan fingerprint density at radius 2 is 2.25 bits per heavy atom. The molecule has 0 bridgehead atoms. The highest BCUT2D eigenvalue weighted by atomic mass is 32.2. The lowest BCUT2D eigenvalue weighted by Crippen LogP contribution is -2.34. The molecule has 4 heteroatoms. The zero-order valence-corrected chi connectivity index (χ0v) is 10.5. The number of amides is 1. The van der Waals surface area contributed by atoms with E-state index in [1.54, 1.807) is 30.8 Å². The molecule has 1 aromatic rings. The molecule has 1 rings (SSSR count). The molecular weight excluding hydrogens is 225 g/mol. The molecule has 1 amide bonds. The number of benzene rings is 1. The van der Waals surface area contributed by atoms with Crippen LogP contribution in [-0.2, 0) is 0 Å². The summed E-state index contributed by atoms with van der Waals surface area (Å²) >= 11 is 1.65. The fraction of sp³-hybridized carbons (Fsp3) is 0.417. The van der Waals surface area contributed by atoms with Crippen molar-refractivity contribution in [3.8, 4) is 0 Å². The summed E-state index contributed by atoms with van der Waals surface area (Å²) in [6.07, 6.45) is 1.97. The molecule has 0 heterocycles. The summed E-state index contributed by atoms with van der Waals surface area (Å²) < 4.78 is 13.6. The minimum absolute atomic E-state index is 0.0439. The zero-order valence-electron chi connectivity index (χ0n) is 9.71. The SMILES string of the molecule is CSCC(C)NC(=O)c1cccc(C)c1F. The number of thioether (sulfide) groups is 1. The molecule has 2 nitrogen and oxygen atoms in total. The molecule has 1 unspecified atom stereocenters. The lowest BCUT2D eigenvalue weighted by atomic mass is 10.1. The number of hydrogen-bond acceptors (Lipinski definition) is 2. The minimum atomic E-state index is -0.434. The van der Waals surface area contributed by atoms with Gasteiger partial charge in [0, 0.05) is 11.8 Å². The van der Waals surface area contributed by atoms with E-state index < -0.39 is 5.82 Å². The van der Waals surface area contributed by atoms with Crippen molar-refractivity contribution >= 4 is 17.7 Å². The maximum absolute atomic E-state index is 13.6. The van der Waals surface area contributed by atoms with Crippen LogP contribution in [0.15, 0.2) is 18.2 Å². The Bertz CT molecular complexity index is 381. The van der Waals surface area contributed by atoms with Crippen LogP contribution in [-0.4, -0.2) is 24.0 Å². The third-order valence-corrected chi connectivity index (χ3v) is 3.06. The number of rotatable bonds is 4. The van der Waals surface area contributed by atoms with Gasteiger partial charge in [0.25, 0.3) is 5.91 Å². The van der Waals surface area contributed by atoms with Crippen LogP contribution in [0.1, 0.15) is 22.8 Å². The average Bonchev–Trinajstić information content (AvgIpc) is 2.22. The van der Waals surface area contributed by atoms with Crippen LogP contribution >= 0.6 is 11.8 Å². The summed E-state index contributed by atoms with van der Waals surface area (Å²) in [5.41, 5.74) is 0.609. The number of carbonyl (C=O) groups is 1. The van der Waals surface area contributed by atoms with Gasteiger partial charge < -0.3 is 5.32 Å². The summed E-state index contributed by atoms with van der Waals surface area (Å²) in [6, 6.07) is 4.88. The van der Waals surface area contributed by atoms with Gasteiger partial charge >= 0.3 is 0 Å². The molecule has 0 fully saturated rings. The van der Waals surface area contributed by atoms with E-state index in [0.717, 1.165) is 5.75 Å². The van der Waals surface area contributed by atoms with Gasteiger partial charge in [-0.05, 0) is 31.7 Å². The molecule has 1 aromatic carbocycles. The number of hydrogen-bond donors (Lipinski definition) is 1. The molecule has 88 valence electrons. The number of halogens is 1. The van der Waals surface area contributed by atoms with Crippen molar-refractivity contribution in [2.45, 2.75) is 19.9 Å². The zero-order chi connectivity index (χ0) is 12.1. The van der Waals surface area contributed by atoms with Crippen LogP contribution in [0.2, 0.25) is 0 Å². The first-order chi connectivity index (χ1) is 7.56. The van der Waals surface area contributed by atoms with Crippen molar-refractivity contribution in [1.29, 1.82) is 0 Å². The van der Waals surface area contributed by atoms with Gasteiger partial charge in [-0.1, -0.05) is 12.1 Å². The second-order valence-corrected chi connectivity index (χ2v) is 4.68. The normalized spacial score (nSPS) is 12.2. The highest BCUT2D eigenvalue weighted by molar-refractivity contribution is 7.98. The third kappa shape index (κ3) is 3.23. The van der Waals surface area contributed by atoms with Crippen molar-refractivity contribution in [3.05, 3.63) is 35.1 Å². The van der Waals surface area contributed by atoms with Crippen LogP contribution in [0.3, 0.4) is 0 Å². The summed E-state index contributed by atoms with van der Waals surface area (Å²) in [5, 5.41) is 2.77. The predicted octanol–water partition coefficient (Wildman–Crippen LogP) is 2.62. The quantitative estimate of drug-likeness (QED) is 0.878. The molecule has 16 heavy (non-hydrogen) atoms. The predicted molar refractivity (Wildman–Crippen MR) is 66.4 cm³/mol. The van der Waals surface area contributed by atoms with Gasteiger partial charge in [0.2, 0.25) is 0 Å². The maximum atomic E-state index is 13.6. The molecule has 0 saturated heterocycles. The first-order valence-corrected chi connectivity index (χ1v) is 6.50. The maximum Gasteiger partial charge on any atom is 0.254 e. The smallest absolute Gasteiger partial charge is 0.254 e. The number of carbonyl (C=O) groups excluding carboxylic acids is 1. The molecule has 0 aromatic heterocycles. The van der Waals surface area contributed by atoms with E-state index in [-0.39, 0.29) is 17.5 Å². The molecule has 0 aliphatic carbocycles. The molecular formula is C12H16FNOS. The highest BCUT2D eigenvalue weighted by Gasteiger charge is 2.14. The van der Waals surface area contributed by atoms with E-state index in [2.05, 4.69) is 5.32 Å². The van der Waals surface area contributed by atoms with Gasteiger partial charge in [0.05, 0.1) is 5.56 Å². The Morgan fingerprint density at radius 3 is 2.88 bits per heavy atom. The van der Waals surface area contributed by atoms with Crippen molar-refractivity contribution in [3.63, 3.8) is 0 Å². The molecule has 1 N–H and O–H groups in total. The van der Waals surface area contributed by atoms with Crippen molar-refractivity contribution in [1.82, 2.24) is 5.32 Å². The number of aryl methyl sites for hydroxylation is 1. The van der Waals surface area contributed by atoms with Crippen LogP contribution in [0.5, 0.6) is 0 Å². The van der Waals surface area contributed by atoms with E-state index >= 15 is 0 Å². The van der Waals surface area contributed by atoms with Gasteiger partial charge in [-0.25, -0.2) is 4.39 Å². The van der Waals surface area contributed by atoms with Crippen LogP contribution in [0.25, 0.3) is 0 Å². The lowest BCUT2D eigenvalue weighted by molar-refractivity contribution is 0.0939. The molecule has 0 aliphatic rings. The summed E-state index contributed by atoms with van der Waals surface area (Å²) in [4.78, 5) is 11.7. The minimum Gasteiger partial charge on any atom is -0.349 e. The summed E-state index contributed by atoms with van der Waals surface area (Å²) in [5.74, 6) is 0.0400. The largest absolute Gasteiger partial charge is 0.349 e. The molecule has 0 aliphatic heterocycles. The van der Waals surface area contributed by atoms with Crippen LogP contribution in [0, 0.1) is 12.7 Å². The summed E-state index contributed by atoms with van der Waals surface area (Å²) in [6.45, 7) is 3.56. The Hall–Kier alpha value is -1.03. The van der Waals surface area contributed by atoms with Gasteiger partial charge in [-0.3, -0.25) is 4.79 Å². The second kappa shape index (κ2) is 5.89. The summed E-state index contributed by atoms with van der Waals surface area (Å²) in [7, 11) is 0. The van der Waals surface area contributed by atoms with E-state index in [1.165, 1.54) is 6.07 Å². The van der Waals surface area contributed by atoms with Crippen LogP contribution < -0.4 is 5.32 Å². The van der Waals surface area contributed by atoms with Crippen molar-refractivity contribution in [2.75, 3.05) is 12.0 Å².